The molecule has 0 fully saturated rings. The fourth-order valence-electron chi connectivity index (χ4n) is 2.23. The van der Waals surface area contributed by atoms with E-state index >= 15 is 0 Å². The van der Waals surface area contributed by atoms with Crippen LogP contribution in [0.3, 0.4) is 0 Å². The maximum absolute atomic E-state index is 11.9. The molecular weight excluding hydrogens is 404 g/mol. The number of rotatable bonds is 8. The Labute approximate surface area is 171 Å². The molecule has 2 aromatic rings. The van der Waals surface area contributed by atoms with Crippen molar-refractivity contribution < 1.29 is 28.7 Å². The molecule has 0 aliphatic carbocycles. The number of carbonyl (C=O) groups is 2. The van der Waals surface area contributed by atoms with E-state index in [1.54, 1.807) is 18.2 Å². The SMILES string of the molecule is COc1ccc(/C=C/C(=O)OCC(=O)Nc2ccc(Cl)c([N+](=O)[O-])c2)c(OC)c1. The monoisotopic (exact) mass is 420 g/mol. The number of ether oxygens (including phenoxy) is 3. The number of nitro groups is 1. The van der Waals surface area contributed by atoms with E-state index in [0.29, 0.717) is 17.1 Å². The first-order chi connectivity index (χ1) is 13.8. The minimum Gasteiger partial charge on any atom is -0.497 e. The number of hydrogen-bond donors (Lipinski definition) is 1. The van der Waals surface area contributed by atoms with Crippen LogP contribution >= 0.6 is 11.6 Å². The van der Waals surface area contributed by atoms with Gasteiger partial charge in [0.2, 0.25) is 0 Å². The Bertz CT molecular complexity index is 960. The average Bonchev–Trinajstić information content (AvgIpc) is 2.71. The number of nitro benzene ring substituents is 1. The minimum atomic E-state index is -0.750. The van der Waals surface area contributed by atoms with E-state index in [-0.39, 0.29) is 16.4 Å². The second-order valence-electron chi connectivity index (χ2n) is 5.52. The Kier molecular flexibility index (Phi) is 7.55. The van der Waals surface area contributed by atoms with Gasteiger partial charge in [-0.2, -0.15) is 0 Å². The number of benzene rings is 2. The molecule has 2 rings (SSSR count). The number of carbonyl (C=O) groups excluding carboxylic acids is 2. The summed E-state index contributed by atoms with van der Waals surface area (Å²) in [5.74, 6) is -0.318. The molecule has 0 heterocycles. The van der Waals surface area contributed by atoms with Crippen molar-refractivity contribution in [1.29, 1.82) is 0 Å². The van der Waals surface area contributed by atoms with Crippen LogP contribution in [-0.2, 0) is 14.3 Å². The molecule has 0 aliphatic heterocycles. The van der Waals surface area contributed by atoms with Gasteiger partial charge in [-0.3, -0.25) is 14.9 Å². The fourth-order valence-corrected chi connectivity index (χ4v) is 2.41. The largest absolute Gasteiger partial charge is 0.497 e. The molecule has 0 saturated heterocycles. The van der Waals surface area contributed by atoms with Crippen molar-refractivity contribution in [3.05, 3.63) is 63.2 Å². The lowest BCUT2D eigenvalue weighted by Crippen LogP contribution is -2.20. The topological polar surface area (TPSA) is 117 Å². The fraction of sp³-hybridized carbons (Fsp3) is 0.158. The number of nitrogens with one attached hydrogen (secondary N) is 1. The molecule has 0 atom stereocenters. The van der Waals surface area contributed by atoms with Crippen LogP contribution in [0.2, 0.25) is 5.02 Å². The van der Waals surface area contributed by atoms with Gasteiger partial charge in [0.25, 0.3) is 11.6 Å². The number of hydrogen-bond acceptors (Lipinski definition) is 7. The van der Waals surface area contributed by atoms with Gasteiger partial charge in [-0.1, -0.05) is 11.6 Å². The molecule has 152 valence electrons. The van der Waals surface area contributed by atoms with Crippen molar-refractivity contribution in [3.63, 3.8) is 0 Å². The molecule has 0 bridgehead atoms. The highest BCUT2D eigenvalue weighted by Crippen LogP contribution is 2.27. The van der Waals surface area contributed by atoms with Crippen LogP contribution in [-0.4, -0.2) is 37.6 Å². The highest BCUT2D eigenvalue weighted by molar-refractivity contribution is 6.32. The minimum absolute atomic E-state index is 0.0569. The summed E-state index contributed by atoms with van der Waals surface area (Å²) in [5.41, 5.74) is 0.418. The molecule has 0 unspecified atom stereocenters. The van der Waals surface area contributed by atoms with Gasteiger partial charge in [-0.15, -0.1) is 0 Å². The summed E-state index contributed by atoms with van der Waals surface area (Å²) in [6, 6.07) is 8.84. The van der Waals surface area contributed by atoms with Gasteiger partial charge in [0.1, 0.15) is 16.5 Å². The van der Waals surface area contributed by atoms with E-state index in [2.05, 4.69) is 5.32 Å². The summed E-state index contributed by atoms with van der Waals surface area (Å²) in [6.45, 7) is -0.570. The molecule has 0 aromatic heterocycles. The summed E-state index contributed by atoms with van der Waals surface area (Å²) in [4.78, 5) is 33.9. The van der Waals surface area contributed by atoms with Crippen molar-refractivity contribution >= 4 is 40.9 Å². The Morgan fingerprint density at radius 3 is 2.59 bits per heavy atom. The second kappa shape index (κ2) is 10.1. The molecule has 0 spiro atoms. The maximum atomic E-state index is 11.9. The average molecular weight is 421 g/mol. The first-order valence-electron chi connectivity index (χ1n) is 8.14. The molecule has 0 radical (unpaired) electrons. The summed E-state index contributed by atoms with van der Waals surface area (Å²) in [7, 11) is 3.00. The summed E-state index contributed by atoms with van der Waals surface area (Å²) in [5, 5.41) is 13.2. The maximum Gasteiger partial charge on any atom is 0.331 e. The van der Waals surface area contributed by atoms with E-state index in [9.17, 15) is 19.7 Å². The number of halogens is 1. The lowest BCUT2D eigenvalue weighted by molar-refractivity contribution is -0.384. The Morgan fingerprint density at radius 2 is 1.93 bits per heavy atom. The van der Waals surface area contributed by atoms with Crippen LogP contribution in [0.4, 0.5) is 11.4 Å². The summed E-state index contributed by atoms with van der Waals surface area (Å²) >= 11 is 5.71. The van der Waals surface area contributed by atoms with E-state index in [0.717, 1.165) is 12.1 Å². The van der Waals surface area contributed by atoms with Crippen molar-refractivity contribution in [2.75, 3.05) is 26.1 Å². The van der Waals surface area contributed by atoms with Crippen molar-refractivity contribution in [2.45, 2.75) is 0 Å². The Balaban J connectivity index is 1.92. The Morgan fingerprint density at radius 1 is 1.17 bits per heavy atom. The molecule has 2 aromatic carbocycles. The molecule has 9 nitrogen and oxygen atoms in total. The molecule has 29 heavy (non-hydrogen) atoms. The predicted octanol–water partition coefficient (Wildman–Crippen LogP) is 3.46. The molecule has 1 amide bonds. The number of nitrogens with zero attached hydrogens (tertiary/aromatic N) is 1. The number of amides is 1. The van der Waals surface area contributed by atoms with Crippen LogP contribution < -0.4 is 14.8 Å². The van der Waals surface area contributed by atoms with Gasteiger partial charge in [-0.05, 0) is 30.3 Å². The smallest absolute Gasteiger partial charge is 0.331 e. The van der Waals surface area contributed by atoms with Gasteiger partial charge in [0.05, 0.1) is 19.1 Å². The Hall–Kier alpha value is -3.59. The van der Waals surface area contributed by atoms with Crippen molar-refractivity contribution in [1.82, 2.24) is 0 Å². The predicted molar refractivity (Wildman–Crippen MR) is 106 cm³/mol. The van der Waals surface area contributed by atoms with E-state index in [4.69, 9.17) is 25.8 Å². The molecule has 0 aliphatic rings. The quantitative estimate of drug-likeness (QED) is 0.301. The zero-order valence-electron chi connectivity index (χ0n) is 15.5. The van der Waals surface area contributed by atoms with Crippen molar-refractivity contribution in [3.8, 4) is 11.5 Å². The first kappa shape index (κ1) is 21.7. The van der Waals surface area contributed by atoms with Crippen molar-refractivity contribution in [2.24, 2.45) is 0 Å². The zero-order valence-corrected chi connectivity index (χ0v) is 16.3. The lowest BCUT2D eigenvalue weighted by atomic mass is 10.2. The molecule has 0 saturated carbocycles. The number of methoxy groups -OCH3 is 2. The summed E-state index contributed by atoms with van der Waals surface area (Å²) in [6.07, 6.45) is 2.62. The summed E-state index contributed by atoms with van der Waals surface area (Å²) < 4.78 is 15.2. The third kappa shape index (κ3) is 6.22. The van der Waals surface area contributed by atoms with Gasteiger partial charge >= 0.3 is 5.97 Å². The first-order valence-corrected chi connectivity index (χ1v) is 8.52. The molecule has 10 heteroatoms. The number of anilines is 1. The lowest BCUT2D eigenvalue weighted by Gasteiger charge is -2.07. The highest BCUT2D eigenvalue weighted by atomic mass is 35.5. The van der Waals surface area contributed by atoms with E-state index < -0.39 is 23.4 Å². The van der Waals surface area contributed by atoms with Gasteiger partial charge < -0.3 is 19.5 Å². The molecule has 1 N–H and O–H groups in total. The third-order valence-corrected chi connectivity index (χ3v) is 3.93. The molecular formula is C19H17ClN2O7. The van der Waals surface area contributed by atoms with Crippen LogP contribution in [0.25, 0.3) is 6.08 Å². The highest BCUT2D eigenvalue weighted by Gasteiger charge is 2.14. The van der Waals surface area contributed by atoms with Gasteiger partial charge in [-0.25, -0.2) is 4.79 Å². The normalized spacial score (nSPS) is 10.4. The van der Waals surface area contributed by atoms with Gasteiger partial charge in [0, 0.05) is 29.5 Å². The van der Waals surface area contributed by atoms with Crippen LogP contribution in [0.5, 0.6) is 11.5 Å². The van der Waals surface area contributed by atoms with E-state index in [1.807, 2.05) is 0 Å². The number of esters is 1. The van der Waals surface area contributed by atoms with E-state index in [1.165, 1.54) is 32.4 Å². The van der Waals surface area contributed by atoms with Gasteiger partial charge in [0.15, 0.2) is 6.61 Å². The van der Waals surface area contributed by atoms with Crippen LogP contribution in [0.15, 0.2) is 42.5 Å². The zero-order chi connectivity index (χ0) is 21.4. The van der Waals surface area contributed by atoms with Crippen LogP contribution in [0, 0.1) is 10.1 Å². The second-order valence-corrected chi connectivity index (χ2v) is 5.93. The third-order valence-electron chi connectivity index (χ3n) is 3.61. The standard InChI is InChI=1S/C19H17ClN2O7/c1-27-14-6-3-12(17(10-14)28-2)4-8-19(24)29-11-18(23)21-13-5-7-15(20)16(9-13)22(25)26/h3-10H,11H2,1-2H3,(H,21,23)/b8-4+. The van der Waals surface area contributed by atoms with Crippen LogP contribution in [0.1, 0.15) is 5.56 Å².